The molecule has 1 aromatic heterocycles. The molecule has 2 N–H and O–H groups in total. The number of rotatable bonds is 8. The normalized spacial score (nSPS) is 10.6. The number of para-hydroxylation sites is 1. The van der Waals surface area contributed by atoms with Crippen molar-refractivity contribution in [1.29, 1.82) is 0 Å². The topological polar surface area (TPSA) is 64.1 Å². The van der Waals surface area contributed by atoms with E-state index in [4.69, 9.17) is 21.7 Å². The first kappa shape index (κ1) is 18.9. The van der Waals surface area contributed by atoms with Crippen LogP contribution in [0, 0.1) is 10.6 Å². The third kappa shape index (κ3) is 4.28. The van der Waals surface area contributed by atoms with E-state index in [-0.39, 0.29) is 12.4 Å². The summed E-state index contributed by atoms with van der Waals surface area (Å²) in [5.74, 6) is 1.64. The van der Waals surface area contributed by atoms with Crippen LogP contribution in [0.1, 0.15) is 23.9 Å². The van der Waals surface area contributed by atoms with Gasteiger partial charge in [-0.2, -0.15) is 5.10 Å². The Morgan fingerprint density at radius 2 is 1.96 bits per heavy atom. The average Bonchev–Trinajstić information content (AvgIpc) is 3.05. The second kappa shape index (κ2) is 8.68. The number of benzene rings is 2. The zero-order chi connectivity index (χ0) is 19.2. The maximum Gasteiger partial charge on any atom is 0.214 e. The number of aromatic nitrogens is 3. The quantitative estimate of drug-likeness (QED) is 0.572. The van der Waals surface area contributed by atoms with Gasteiger partial charge in [0.05, 0.1) is 13.7 Å². The van der Waals surface area contributed by atoms with E-state index in [9.17, 15) is 4.39 Å². The number of hydrogen-bond acceptors (Lipinski definition) is 5. The molecule has 6 nitrogen and oxygen atoms in total. The average molecular weight is 388 g/mol. The van der Waals surface area contributed by atoms with Crippen LogP contribution < -0.4 is 14.9 Å². The lowest BCUT2D eigenvalue weighted by molar-refractivity contribution is 0.277. The molecular weight excluding hydrogens is 367 g/mol. The fourth-order valence-electron chi connectivity index (χ4n) is 2.68. The van der Waals surface area contributed by atoms with Crippen LogP contribution in [0.5, 0.6) is 11.5 Å². The van der Waals surface area contributed by atoms with Crippen LogP contribution >= 0.6 is 12.2 Å². The molecule has 0 radical (unpaired) electrons. The Balaban J connectivity index is 1.82. The molecule has 0 aliphatic heterocycles. The van der Waals surface area contributed by atoms with E-state index < -0.39 is 0 Å². The Kier molecular flexibility index (Phi) is 6.08. The number of H-pyrrole nitrogens is 1. The smallest absolute Gasteiger partial charge is 0.214 e. The van der Waals surface area contributed by atoms with E-state index in [1.54, 1.807) is 36.1 Å². The Morgan fingerprint density at radius 3 is 2.70 bits per heavy atom. The van der Waals surface area contributed by atoms with E-state index in [1.807, 2.05) is 19.1 Å². The van der Waals surface area contributed by atoms with E-state index in [2.05, 4.69) is 15.6 Å². The number of hydrogen-bond donors (Lipinski definition) is 2. The highest BCUT2D eigenvalue weighted by atomic mass is 32.1. The molecule has 1 heterocycles. The van der Waals surface area contributed by atoms with E-state index >= 15 is 0 Å². The summed E-state index contributed by atoms with van der Waals surface area (Å²) in [5.41, 5.74) is 4.58. The number of aryl methyl sites for hydroxylation is 1. The van der Waals surface area contributed by atoms with Crippen molar-refractivity contribution < 1.29 is 13.9 Å². The lowest BCUT2D eigenvalue weighted by Gasteiger charge is -2.17. The van der Waals surface area contributed by atoms with Gasteiger partial charge in [0, 0.05) is 17.5 Å². The third-order valence-corrected chi connectivity index (χ3v) is 4.37. The zero-order valence-corrected chi connectivity index (χ0v) is 16.0. The summed E-state index contributed by atoms with van der Waals surface area (Å²) in [6.07, 6.45) is 0.731. The Bertz CT molecular complexity index is 970. The monoisotopic (exact) mass is 388 g/mol. The molecule has 3 rings (SSSR count). The number of nitrogens with one attached hydrogen (secondary N) is 2. The van der Waals surface area contributed by atoms with E-state index in [0.29, 0.717) is 28.4 Å². The molecule has 0 fully saturated rings. The summed E-state index contributed by atoms with van der Waals surface area (Å²) in [4.78, 5) is 0. The van der Waals surface area contributed by atoms with Gasteiger partial charge in [-0.25, -0.2) is 9.07 Å². The minimum atomic E-state index is -0.302. The molecule has 0 bridgehead atoms. The number of nitrogens with zero attached hydrogens (tertiary/aromatic N) is 2. The van der Waals surface area contributed by atoms with Crippen molar-refractivity contribution in [3.8, 4) is 11.5 Å². The van der Waals surface area contributed by atoms with Crippen LogP contribution in [0.3, 0.4) is 0 Å². The lowest BCUT2D eigenvalue weighted by atomic mass is 10.1. The van der Waals surface area contributed by atoms with Crippen LogP contribution in [-0.2, 0) is 19.6 Å². The van der Waals surface area contributed by atoms with Gasteiger partial charge in [-0.15, -0.1) is 0 Å². The van der Waals surface area contributed by atoms with Crippen molar-refractivity contribution in [3.63, 3.8) is 0 Å². The van der Waals surface area contributed by atoms with Gasteiger partial charge in [0.25, 0.3) is 0 Å². The first-order valence-electron chi connectivity index (χ1n) is 8.56. The maximum absolute atomic E-state index is 13.9. The first-order chi connectivity index (χ1) is 13.1. The molecule has 2 aromatic carbocycles. The standard InChI is InChI=1S/C19H21FN4O2S/c1-3-17-22-23-19(27)24(17)21-11-13-8-6-10-16(25-2)18(13)26-12-14-7-4-5-9-15(14)20/h4-10,21H,3,11-12H2,1-2H3,(H,23,27). The molecule has 0 saturated heterocycles. The number of halogens is 1. The zero-order valence-electron chi connectivity index (χ0n) is 15.2. The van der Waals surface area contributed by atoms with Gasteiger partial charge in [-0.1, -0.05) is 37.3 Å². The van der Waals surface area contributed by atoms with Crippen molar-refractivity contribution in [2.75, 3.05) is 12.5 Å². The molecule has 0 aliphatic rings. The van der Waals surface area contributed by atoms with E-state index in [1.165, 1.54) is 6.07 Å². The van der Waals surface area contributed by atoms with Crippen molar-refractivity contribution >= 4 is 12.2 Å². The summed E-state index contributed by atoms with van der Waals surface area (Å²) in [6, 6.07) is 12.1. The largest absolute Gasteiger partial charge is 0.493 e. The molecule has 8 heteroatoms. The van der Waals surface area contributed by atoms with E-state index in [0.717, 1.165) is 17.8 Å². The number of aromatic amines is 1. The second-order valence-electron chi connectivity index (χ2n) is 5.80. The molecule has 0 unspecified atom stereocenters. The van der Waals surface area contributed by atoms with Gasteiger partial charge in [-0.3, -0.25) is 5.10 Å². The van der Waals surface area contributed by atoms with Gasteiger partial charge < -0.3 is 14.9 Å². The number of ether oxygens (including phenoxy) is 2. The Morgan fingerprint density at radius 1 is 1.19 bits per heavy atom. The Hall–Kier alpha value is -2.87. The van der Waals surface area contributed by atoms with Crippen LogP contribution in [0.15, 0.2) is 42.5 Å². The van der Waals surface area contributed by atoms with Crippen molar-refractivity contribution in [3.05, 3.63) is 70.0 Å². The second-order valence-corrected chi connectivity index (χ2v) is 6.18. The van der Waals surface area contributed by atoms with Crippen LogP contribution in [-0.4, -0.2) is 22.0 Å². The molecule has 142 valence electrons. The predicted molar refractivity (Wildman–Crippen MR) is 104 cm³/mol. The van der Waals surface area contributed by atoms with Crippen molar-refractivity contribution in [2.24, 2.45) is 0 Å². The minimum absolute atomic E-state index is 0.103. The molecule has 27 heavy (non-hydrogen) atoms. The molecule has 0 spiro atoms. The van der Waals surface area contributed by atoms with Gasteiger partial charge in [0.15, 0.2) is 17.3 Å². The summed E-state index contributed by atoms with van der Waals surface area (Å²) in [6.45, 7) is 2.54. The minimum Gasteiger partial charge on any atom is -0.493 e. The predicted octanol–water partition coefficient (Wildman–Crippen LogP) is 3.97. The van der Waals surface area contributed by atoms with Gasteiger partial charge in [0.1, 0.15) is 12.4 Å². The van der Waals surface area contributed by atoms with Crippen molar-refractivity contribution in [1.82, 2.24) is 14.9 Å². The molecule has 0 aliphatic carbocycles. The highest BCUT2D eigenvalue weighted by molar-refractivity contribution is 7.71. The van der Waals surface area contributed by atoms with Gasteiger partial charge in [-0.05, 0) is 24.4 Å². The summed E-state index contributed by atoms with van der Waals surface area (Å²) in [7, 11) is 1.57. The first-order valence-corrected chi connectivity index (χ1v) is 8.97. The van der Waals surface area contributed by atoms with Crippen LogP contribution in [0.25, 0.3) is 0 Å². The van der Waals surface area contributed by atoms with Crippen molar-refractivity contribution in [2.45, 2.75) is 26.5 Å². The molecule has 0 atom stereocenters. The summed E-state index contributed by atoms with van der Waals surface area (Å²) in [5, 5.41) is 6.94. The fraction of sp³-hybridized carbons (Fsp3) is 0.263. The SMILES string of the molecule is CCc1n[nH]c(=S)n1NCc1cccc(OC)c1OCc1ccccc1F. The van der Waals surface area contributed by atoms with Gasteiger partial charge >= 0.3 is 0 Å². The molecule has 0 amide bonds. The Labute approximate surface area is 161 Å². The van der Waals surface area contributed by atoms with Crippen LogP contribution in [0.4, 0.5) is 4.39 Å². The van der Waals surface area contributed by atoms with Crippen LogP contribution in [0.2, 0.25) is 0 Å². The molecular formula is C19H21FN4O2S. The molecule has 0 saturated carbocycles. The maximum atomic E-state index is 13.9. The van der Waals surface area contributed by atoms with Gasteiger partial charge in [0.2, 0.25) is 4.77 Å². The third-order valence-electron chi connectivity index (χ3n) is 4.10. The number of methoxy groups -OCH3 is 1. The fourth-order valence-corrected chi connectivity index (χ4v) is 2.90. The highest BCUT2D eigenvalue weighted by Gasteiger charge is 2.13. The summed E-state index contributed by atoms with van der Waals surface area (Å²) < 4.78 is 27.4. The summed E-state index contributed by atoms with van der Waals surface area (Å²) >= 11 is 5.25. The molecule has 3 aromatic rings. The lowest BCUT2D eigenvalue weighted by Crippen LogP contribution is -2.18. The highest BCUT2D eigenvalue weighted by Crippen LogP contribution is 2.32.